The maximum atomic E-state index is 11.4. The molecule has 2 heterocycles. The van der Waals surface area contributed by atoms with Gasteiger partial charge in [-0.2, -0.15) is 0 Å². The molecule has 1 amide bonds. The molecule has 1 aromatic rings. The summed E-state index contributed by atoms with van der Waals surface area (Å²) in [5.74, 6) is 1.33. The van der Waals surface area contributed by atoms with Gasteiger partial charge in [0.1, 0.15) is 0 Å². The van der Waals surface area contributed by atoms with E-state index in [1.807, 2.05) is 31.4 Å². The molecule has 1 aliphatic heterocycles. The molecule has 1 N–H and O–H groups in total. The molecule has 1 atom stereocenters. The van der Waals surface area contributed by atoms with Crippen molar-refractivity contribution in [2.24, 2.45) is 5.92 Å². The standard InChI is InChI=1S/C14H23N5O/c1-15-13(20)6-11-4-5-19(9-11)10-12-7-16-14(17-8-12)18(2)3/h7-8,11H,4-6,9-10H2,1-3H3,(H,15,20)/t11-/m1/s1. The van der Waals surface area contributed by atoms with Crippen LogP contribution in [0.25, 0.3) is 0 Å². The highest BCUT2D eigenvalue weighted by molar-refractivity contribution is 5.75. The fourth-order valence-corrected chi connectivity index (χ4v) is 2.51. The largest absolute Gasteiger partial charge is 0.359 e. The van der Waals surface area contributed by atoms with Gasteiger partial charge in [0, 0.05) is 58.6 Å². The number of aromatic nitrogens is 2. The topological polar surface area (TPSA) is 61.4 Å². The molecule has 110 valence electrons. The molecule has 0 radical (unpaired) electrons. The van der Waals surface area contributed by atoms with Crippen LogP contribution in [-0.4, -0.2) is 55.0 Å². The molecule has 0 spiro atoms. The second kappa shape index (κ2) is 6.65. The number of hydrogen-bond acceptors (Lipinski definition) is 5. The van der Waals surface area contributed by atoms with Gasteiger partial charge in [0.25, 0.3) is 0 Å². The highest BCUT2D eigenvalue weighted by Gasteiger charge is 2.24. The minimum absolute atomic E-state index is 0.135. The van der Waals surface area contributed by atoms with E-state index in [-0.39, 0.29) is 5.91 Å². The van der Waals surface area contributed by atoms with Gasteiger partial charge in [0.05, 0.1) is 0 Å². The Morgan fingerprint density at radius 1 is 1.45 bits per heavy atom. The number of nitrogens with zero attached hydrogens (tertiary/aromatic N) is 4. The van der Waals surface area contributed by atoms with Gasteiger partial charge in [0.15, 0.2) is 0 Å². The van der Waals surface area contributed by atoms with Crippen molar-refractivity contribution in [3.05, 3.63) is 18.0 Å². The molecule has 6 heteroatoms. The first-order valence-electron chi connectivity index (χ1n) is 6.99. The summed E-state index contributed by atoms with van der Waals surface area (Å²) in [4.78, 5) is 24.3. The maximum absolute atomic E-state index is 11.4. The van der Waals surface area contributed by atoms with Gasteiger partial charge in [-0.15, -0.1) is 0 Å². The third-order valence-electron chi connectivity index (χ3n) is 3.62. The fourth-order valence-electron chi connectivity index (χ4n) is 2.51. The van der Waals surface area contributed by atoms with Gasteiger partial charge >= 0.3 is 0 Å². The highest BCUT2D eigenvalue weighted by Crippen LogP contribution is 2.21. The van der Waals surface area contributed by atoms with Crippen molar-refractivity contribution in [1.29, 1.82) is 0 Å². The maximum Gasteiger partial charge on any atom is 0.224 e. The number of carbonyl (C=O) groups is 1. The summed E-state index contributed by atoms with van der Waals surface area (Å²) < 4.78 is 0. The number of carbonyl (C=O) groups excluding carboxylic acids is 1. The van der Waals surface area contributed by atoms with Crippen LogP contribution in [0.1, 0.15) is 18.4 Å². The summed E-state index contributed by atoms with van der Waals surface area (Å²) in [6.45, 7) is 2.87. The van der Waals surface area contributed by atoms with Gasteiger partial charge in [-0.25, -0.2) is 9.97 Å². The molecule has 2 rings (SSSR count). The van der Waals surface area contributed by atoms with Gasteiger partial charge < -0.3 is 10.2 Å². The lowest BCUT2D eigenvalue weighted by Crippen LogP contribution is -2.24. The molecular formula is C14H23N5O. The number of hydrogen-bond donors (Lipinski definition) is 1. The summed E-state index contributed by atoms with van der Waals surface area (Å²) >= 11 is 0. The lowest BCUT2D eigenvalue weighted by Gasteiger charge is -2.16. The predicted molar refractivity (Wildman–Crippen MR) is 78.4 cm³/mol. The van der Waals surface area contributed by atoms with Crippen LogP contribution in [0.4, 0.5) is 5.95 Å². The number of anilines is 1. The van der Waals surface area contributed by atoms with Gasteiger partial charge in [0.2, 0.25) is 11.9 Å². The Labute approximate surface area is 120 Å². The first kappa shape index (κ1) is 14.7. The van der Waals surface area contributed by atoms with Crippen molar-refractivity contribution < 1.29 is 4.79 Å². The van der Waals surface area contributed by atoms with E-state index in [1.165, 1.54) is 0 Å². The SMILES string of the molecule is CNC(=O)C[C@H]1CCN(Cc2cnc(N(C)C)nc2)C1. The van der Waals surface area contributed by atoms with Crippen LogP contribution in [0.3, 0.4) is 0 Å². The normalized spacial score (nSPS) is 19.1. The Hall–Kier alpha value is -1.69. The van der Waals surface area contributed by atoms with Crippen molar-refractivity contribution in [2.45, 2.75) is 19.4 Å². The molecule has 0 aromatic carbocycles. The van der Waals surface area contributed by atoms with Crippen LogP contribution in [-0.2, 0) is 11.3 Å². The van der Waals surface area contributed by atoms with Crippen LogP contribution in [0.2, 0.25) is 0 Å². The lowest BCUT2D eigenvalue weighted by atomic mass is 10.0. The number of rotatable bonds is 5. The summed E-state index contributed by atoms with van der Waals surface area (Å²) in [5.41, 5.74) is 1.12. The number of likely N-dealkylation sites (tertiary alicyclic amines) is 1. The first-order chi connectivity index (χ1) is 9.58. The average Bonchev–Trinajstić information content (AvgIpc) is 2.86. The number of amides is 1. The van der Waals surface area contributed by atoms with E-state index in [9.17, 15) is 4.79 Å². The zero-order valence-corrected chi connectivity index (χ0v) is 12.5. The van der Waals surface area contributed by atoms with E-state index in [4.69, 9.17) is 0 Å². The van der Waals surface area contributed by atoms with Crippen molar-refractivity contribution in [1.82, 2.24) is 20.2 Å². The van der Waals surface area contributed by atoms with Crippen molar-refractivity contribution in [2.75, 3.05) is 39.1 Å². The number of nitrogens with one attached hydrogen (secondary N) is 1. The van der Waals surface area contributed by atoms with Crippen molar-refractivity contribution in [3.63, 3.8) is 0 Å². The minimum atomic E-state index is 0.135. The monoisotopic (exact) mass is 277 g/mol. The van der Waals surface area contributed by atoms with E-state index >= 15 is 0 Å². The third-order valence-corrected chi connectivity index (χ3v) is 3.62. The summed E-state index contributed by atoms with van der Waals surface area (Å²) in [5, 5.41) is 2.69. The summed E-state index contributed by atoms with van der Waals surface area (Å²) in [7, 11) is 5.55. The van der Waals surface area contributed by atoms with Crippen molar-refractivity contribution in [3.8, 4) is 0 Å². The highest BCUT2D eigenvalue weighted by atomic mass is 16.1. The van der Waals surface area contributed by atoms with E-state index in [0.29, 0.717) is 12.3 Å². The summed E-state index contributed by atoms with van der Waals surface area (Å²) in [6.07, 6.45) is 5.48. The van der Waals surface area contributed by atoms with E-state index < -0.39 is 0 Å². The first-order valence-corrected chi connectivity index (χ1v) is 6.99. The summed E-state index contributed by atoms with van der Waals surface area (Å²) in [6, 6.07) is 0. The van der Waals surface area contributed by atoms with Gasteiger partial charge in [-0.05, 0) is 18.9 Å². The molecule has 0 aliphatic carbocycles. The molecule has 1 saturated heterocycles. The Morgan fingerprint density at radius 3 is 2.75 bits per heavy atom. The molecular weight excluding hydrogens is 254 g/mol. The van der Waals surface area contributed by atoms with Crippen LogP contribution in [0, 0.1) is 5.92 Å². The van der Waals surface area contributed by atoms with Crippen LogP contribution < -0.4 is 10.2 Å². The Bertz CT molecular complexity index is 445. The molecule has 0 bridgehead atoms. The Kier molecular flexibility index (Phi) is 4.89. The molecule has 20 heavy (non-hydrogen) atoms. The zero-order chi connectivity index (χ0) is 14.5. The molecule has 1 aliphatic rings. The average molecular weight is 277 g/mol. The van der Waals surface area contributed by atoms with E-state index in [1.54, 1.807) is 7.05 Å². The smallest absolute Gasteiger partial charge is 0.224 e. The Morgan fingerprint density at radius 2 is 2.15 bits per heavy atom. The van der Waals surface area contributed by atoms with Crippen molar-refractivity contribution >= 4 is 11.9 Å². The Balaban J connectivity index is 1.84. The second-order valence-corrected chi connectivity index (χ2v) is 5.55. The van der Waals surface area contributed by atoms with Gasteiger partial charge in [-0.1, -0.05) is 0 Å². The minimum Gasteiger partial charge on any atom is -0.359 e. The molecule has 0 unspecified atom stereocenters. The quantitative estimate of drug-likeness (QED) is 0.849. The van der Waals surface area contributed by atoms with Crippen LogP contribution in [0.5, 0.6) is 0 Å². The van der Waals surface area contributed by atoms with E-state index in [2.05, 4.69) is 20.2 Å². The van der Waals surface area contributed by atoms with E-state index in [0.717, 1.165) is 37.6 Å². The molecule has 6 nitrogen and oxygen atoms in total. The molecule has 1 fully saturated rings. The van der Waals surface area contributed by atoms with Crippen LogP contribution >= 0.6 is 0 Å². The molecule has 0 saturated carbocycles. The molecule has 1 aromatic heterocycles. The lowest BCUT2D eigenvalue weighted by molar-refractivity contribution is -0.121. The van der Waals surface area contributed by atoms with Crippen LogP contribution in [0.15, 0.2) is 12.4 Å². The second-order valence-electron chi connectivity index (χ2n) is 5.55. The fraction of sp³-hybridized carbons (Fsp3) is 0.643. The van der Waals surface area contributed by atoms with Gasteiger partial charge in [-0.3, -0.25) is 9.69 Å². The third kappa shape index (κ3) is 3.90. The zero-order valence-electron chi connectivity index (χ0n) is 12.5. The predicted octanol–water partition coefficient (Wildman–Crippen LogP) is 0.501.